The second kappa shape index (κ2) is 11.1. The maximum absolute atomic E-state index is 12.8. The van der Waals surface area contributed by atoms with Gasteiger partial charge in [0.2, 0.25) is 27.6 Å². The van der Waals surface area contributed by atoms with E-state index in [2.05, 4.69) is 20.4 Å². The molecular weight excluding hydrogens is 470 g/mol. The van der Waals surface area contributed by atoms with Crippen molar-refractivity contribution in [3.8, 4) is 11.4 Å². The predicted octanol–water partition coefficient (Wildman–Crippen LogP) is 2.60. The Labute approximate surface area is 204 Å². The van der Waals surface area contributed by atoms with Crippen molar-refractivity contribution in [1.82, 2.24) is 24.7 Å². The summed E-state index contributed by atoms with van der Waals surface area (Å²) in [4.78, 5) is 21.4. The number of benzene rings is 1. The van der Waals surface area contributed by atoms with Crippen molar-refractivity contribution in [1.29, 1.82) is 0 Å². The van der Waals surface area contributed by atoms with Gasteiger partial charge in [-0.25, -0.2) is 8.42 Å². The highest BCUT2D eigenvalue weighted by Gasteiger charge is 2.27. The number of nitrogens with zero attached hydrogens (tertiary/aromatic N) is 4. The number of sulfonamides is 1. The monoisotopic (exact) mass is 499 g/mol. The highest BCUT2D eigenvalue weighted by atomic mass is 32.2. The quantitative estimate of drug-likeness (QED) is 0.476. The Balaban J connectivity index is 1.35. The molecule has 10 nitrogen and oxygen atoms in total. The van der Waals surface area contributed by atoms with Crippen molar-refractivity contribution in [2.75, 3.05) is 26.3 Å². The van der Waals surface area contributed by atoms with Crippen LogP contribution in [-0.2, 0) is 26.0 Å². The summed E-state index contributed by atoms with van der Waals surface area (Å²) in [5.74, 6) is 0.666. The molecule has 1 unspecified atom stereocenters. The van der Waals surface area contributed by atoms with E-state index in [4.69, 9.17) is 9.26 Å². The van der Waals surface area contributed by atoms with Crippen molar-refractivity contribution in [2.24, 2.45) is 5.92 Å². The summed E-state index contributed by atoms with van der Waals surface area (Å²) in [6.45, 7) is 5.44. The predicted molar refractivity (Wildman–Crippen MR) is 128 cm³/mol. The number of ether oxygens (including phenoxy) is 1. The van der Waals surface area contributed by atoms with Crippen LogP contribution in [0.3, 0.4) is 0 Å². The molecule has 0 bridgehead atoms. The van der Waals surface area contributed by atoms with Crippen molar-refractivity contribution < 1.29 is 22.5 Å². The van der Waals surface area contributed by atoms with E-state index in [0.717, 1.165) is 11.1 Å². The number of hydrogen-bond acceptors (Lipinski definition) is 8. The van der Waals surface area contributed by atoms with Gasteiger partial charge in [0.15, 0.2) is 0 Å². The van der Waals surface area contributed by atoms with Gasteiger partial charge in [-0.05, 0) is 42.2 Å². The molecule has 11 heteroatoms. The highest BCUT2D eigenvalue weighted by Crippen LogP contribution is 2.24. The van der Waals surface area contributed by atoms with Crippen molar-refractivity contribution >= 4 is 15.9 Å². The average Bonchev–Trinajstić information content (AvgIpc) is 3.37. The zero-order chi connectivity index (χ0) is 24.8. The van der Waals surface area contributed by atoms with E-state index in [-0.39, 0.29) is 23.1 Å². The third kappa shape index (κ3) is 6.11. The molecule has 0 radical (unpaired) electrons. The van der Waals surface area contributed by atoms with Gasteiger partial charge in [0, 0.05) is 37.5 Å². The minimum Gasteiger partial charge on any atom is -0.379 e. The van der Waals surface area contributed by atoms with Gasteiger partial charge in [0.1, 0.15) is 6.04 Å². The van der Waals surface area contributed by atoms with E-state index < -0.39 is 16.1 Å². The number of rotatable bonds is 9. The first-order valence-electron chi connectivity index (χ1n) is 11.5. The van der Waals surface area contributed by atoms with Gasteiger partial charge in [0.05, 0.1) is 18.1 Å². The van der Waals surface area contributed by atoms with Gasteiger partial charge >= 0.3 is 0 Å². The smallest absolute Gasteiger partial charge is 0.249 e. The van der Waals surface area contributed by atoms with E-state index in [1.807, 2.05) is 13.8 Å². The van der Waals surface area contributed by atoms with Gasteiger partial charge in [-0.3, -0.25) is 9.78 Å². The second-order valence-corrected chi connectivity index (χ2v) is 10.6. The molecule has 1 N–H and O–H groups in total. The number of aromatic nitrogens is 3. The first-order chi connectivity index (χ1) is 16.8. The molecule has 1 aliphatic heterocycles. The maximum atomic E-state index is 12.8. The largest absolute Gasteiger partial charge is 0.379 e. The van der Waals surface area contributed by atoms with Crippen LogP contribution in [0.15, 0.2) is 58.2 Å². The lowest BCUT2D eigenvalue weighted by molar-refractivity contribution is -0.122. The summed E-state index contributed by atoms with van der Waals surface area (Å²) in [6.07, 6.45) is 4.01. The number of amides is 1. The van der Waals surface area contributed by atoms with E-state index in [9.17, 15) is 13.2 Å². The summed E-state index contributed by atoms with van der Waals surface area (Å²) in [5, 5.41) is 7.01. The topological polar surface area (TPSA) is 128 Å². The van der Waals surface area contributed by atoms with Gasteiger partial charge < -0.3 is 14.6 Å². The minimum atomic E-state index is -3.54. The highest BCUT2D eigenvalue weighted by molar-refractivity contribution is 7.89. The van der Waals surface area contributed by atoms with Crippen LogP contribution in [0.1, 0.15) is 37.8 Å². The fraction of sp³-hybridized carbons (Fsp3) is 0.417. The Morgan fingerprint density at radius 2 is 1.77 bits per heavy atom. The average molecular weight is 500 g/mol. The first kappa shape index (κ1) is 25.0. The lowest BCUT2D eigenvalue weighted by atomic mass is 10.0. The van der Waals surface area contributed by atoms with Crippen molar-refractivity contribution in [2.45, 2.75) is 37.6 Å². The Morgan fingerprint density at radius 3 is 2.43 bits per heavy atom. The SMILES string of the molecule is CC(C)C(NC(=O)CCc1ccc(S(=O)(=O)N2CCOCC2)cc1)c1nc(-c2ccncc2)no1. The Bertz CT molecular complexity index is 1220. The van der Waals surface area contributed by atoms with E-state index in [1.54, 1.807) is 48.8 Å². The normalized spacial score (nSPS) is 15.7. The number of hydrogen-bond donors (Lipinski definition) is 1. The third-order valence-corrected chi connectivity index (χ3v) is 7.71. The van der Waals surface area contributed by atoms with Gasteiger partial charge in [-0.15, -0.1) is 0 Å². The van der Waals surface area contributed by atoms with Gasteiger partial charge in [-0.2, -0.15) is 9.29 Å². The molecule has 1 amide bonds. The standard InChI is InChI=1S/C24H29N5O5S/c1-17(2)22(24-27-23(28-34-24)19-9-11-25-12-10-19)26-21(30)8-5-18-3-6-20(7-4-18)35(31,32)29-13-15-33-16-14-29/h3-4,6-7,9-12,17,22H,5,8,13-16H2,1-2H3,(H,26,30). The van der Waals surface area contributed by atoms with Crippen LogP contribution in [0, 0.1) is 5.92 Å². The lowest BCUT2D eigenvalue weighted by Gasteiger charge is -2.26. The Morgan fingerprint density at radius 1 is 1.09 bits per heavy atom. The van der Waals surface area contributed by atoms with Crippen LogP contribution < -0.4 is 5.32 Å². The van der Waals surface area contributed by atoms with E-state index in [0.29, 0.717) is 44.4 Å². The summed E-state index contributed by atoms with van der Waals surface area (Å²) < 4.78 is 37.6. The summed E-state index contributed by atoms with van der Waals surface area (Å²) >= 11 is 0. The van der Waals surface area contributed by atoms with Crippen LogP contribution in [0.4, 0.5) is 0 Å². The van der Waals surface area contributed by atoms with Crippen molar-refractivity contribution in [3.05, 3.63) is 60.2 Å². The molecule has 4 rings (SSSR count). The first-order valence-corrected chi connectivity index (χ1v) is 13.0. The Hall–Kier alpha value is -3.15. The fourth-order valence-corrected chi connectivity index (χ4v) is 5.17. The number of carbonyl (C=O) groups is 1. The molecule has 1 aliphatic rings. The lowest BCUT2D eigenvalue weighted by Crippen LogP contribution is -2.40. The fourth-order valence-electron chi connectivity index (χ4n) is 3.76. The summed E-state index contributed by atoms with van der Waals surface area (Å²) in [5.41, 5.74) is 1.66. The molecule has 3 heterocycles. The molecular formula is C24H29N5O5S. The Kier molecular flexibility index (Phi) is 7.89. The van der Waals surface area contributed by atoms with Crippen molar-refractivity contribution in [3.63, 3.8) is 0 Å². The number of carbonyl (C=O) groups excluding carboxylic acids is 1. The molecule has 3 aromatic rings. The molecule has 0 saturated carbocycles. The molecule has 1 fully saturated rings. The molecule has 1 aromatic carbocycles. The molecule has 186 valence electrons. The molecule has 0 aliphatic carbocycles. The van der Waals surface area contributed by atoms with Crippen LogP contribution in [0.25, 0.3) is 11.4 Å². The van der Waals surface area contributed by atoms with E-state index in [1.165, 1.54) is 4.31 Å². The molecule has 2 aromatic heterocycles. The molecule has 35 heavy (non-hydrogen) atoms. The summed E-state index contributed by atoms with van der Waals surface area (Å²) in [7, 11) is -3.54. The zero-order valence-corrected chi connectivity index (χ0v) is 20.6. The molecule has 1 saturated heterocycles. The van der Waals surface area contributed by atoms with Crippen LogP contribution in [0.2, 0.25) is 0 Å². The number of aryl methyl sites for hydroxylation is 1. The van der Waals surface area contributed by atoms with E-state index >= 15 is 0 Å². The summed E-state index contributed by atoms with van der Waals surface area (Å²) in [6, 6.07) is 9.83. The number of nitrogens with one attached hydrogen (secondary N) is 1. The van der Waals surface area contributed by atoms with Gasteiger partial charge in [-0.1, -0.05) is 31.1 Å². The number of pyridine rings is 1. The van der Waals surface area contributed by atoms with Gasteiger partial charge in [0.25, 0.3) is 0 Å². The number of morpholine rings is 1. The molecule has 1 atom stereocenters. The van der Waals surface area contributed by atoms with Crippen LogP contribution in [0.5, 0.6) is 0 Å². The second-order valence-electron chi connectivity index (χ2n) is 8.64. The van der Waals surface area contributed by atoms with Crippen LogP contribution in [-0.4, -0.2) is 60.1 Å². The maximum Gasteiger partial charge on any atom is 0.249 e. The minimum absolute atomic E-state index is 0.0365. The zero-order valence-electron chi connectivity index (χ0n) is 19.8. The molecule has 0 spiro atoms. The third-order valence-electron chi connectivity index (χ3n) is 5.80. The van der Waals surface area contributed by atoms with Crippen LogP contribution >= 0.6 is 0 Å².